The van der Waals surface area contributed by atoms with Crippen molar-refractivity contribution >= 4 is 33.4 Å². The van der Waals surface area contributed by atoms with Gasteiger partial charge in [0.2, 0.25) is 0 Å². The van der Waals surface area contributed by atoms with Gasteiger partial charge in [-0.15, -0.1) is 0 Å². The summed E-state index contributed by atoms with van der Waals surface area (Å²) in [6.45, 7) is 6.56. The van der Waals surface area contributed by atoms with Gasteiger partial charge >= 0.3 is 0 Å². The lowest BCUT2D eigenvalue weighted by atomic mass is 9.67. The molecule has 3 aliphatic carbocycles. The first-order chi connectivity index (χ1) is 28.6. The Morgan fingerprint density at radius 3 is 2.19 bits per heavy atom. The van der Waals surface area contributed by atoms with Crippen LogP contribution in [-0.4, -0.2) is 16.1 Å². The highest BCUT2D eigenvalue weighted by atomic mass is 15.0. The molecule has 6 aromatic carbocycles. The first-order valence-corrected chi connectivity index (χ1v) is 20.6. The molecule has 3 heteroatoms. The molecule has 0 saturated carbocycles. The molecule has 0 aliphatic heterocycles. The minimum absolute atomic E-state index is 0.513. The van der Waals surface area contributed by atoms with Crippen molar-refractivity contribution in [1.82, 2.24) is 4.57 Å². The molecule has 3 aliphatic rings. The summed E-state index contributed by atoms with van der Waals surface area (Å²) in [5.41, 5.74) is 15.5. The fourth-order valence-electron chi connectivity index (χ4n) is 9.45. The monoisotopic (exact) mass is 747 g/mol. The third-order valence-corrected chi connectivity index (χ3v) is 12.2. The third-order valence-electron chi connectivity index (χ3n) is 12.2. The Morgan fingerprint density at radius 1 is 0.655 bits per heavy atom. The van der Waals surface area contributed by atoms with Gasteiger partial charge in [0.15, 0.2) is 5.84 Å². The van der Waals surface area contributed by atoms with Gasteiger partial charge in [-0.2, -0.15) is 0 Å². The Morgan fingerprint density at radius 2 is 1.40 bits per heavy atom. The maximum Gasteiger partial charge on any atom is 0.160 e. The van der Waals surface area contributed by atoms with Gasteiger partial charge in [0.25, 0.3) is 0 Å². The van der Waals surface area contributed by atoms with Crippen LogP contribution in [0, 0.1) is 0 Å². The molecule has 1 unspecified atom stereocenters. The van der Waals surface area contributed by atoms with Crippen molar-refractivity contribution in [3.63, 3.8) is 0 Å². The number of benzene rings is 6. The van der Waals surface area contributed by atoms with Crippen LogP contribution in [0.25, 0.3) is 38.6 Å². The van der Waals surface area contributed by atoms with Gasteiger partial charge in [0, 0.05) is 27.7 Å². The van der Waals surface area contributed by atoms with Crippen LogP contribution in [0.4, 0.5) is 0 Å². The van der Waals surface area contributed by atoms with E-state index in [1.807, 2.05) is 6.07 Å². The number of nitrogens with zero attached hydrogens (tertiary/aromatic N) is 3. The lowest BCUT2D eigenvalue weighted by Crippen LogP contribution is -2.29. The molecule has 1 heterocycles. The topological polar surface area (TPSA) is 29.6 Å². The van der Waals surface area contributed by atoms with Gasteiger partial charge < -0.3 is 4.57 Å². The van der Waals surface area contributed by atoms with Gasteiger partial charge in [0.05, 0.1) is 22.1 Å². The maximum atomic E-state index is 5.27. The summed E-state index contributed by atoms with van der Waals surface area (Å²) in [5, 5.41) is 2.35. The van der Waals surface area contributed by atoms with Crippen molar-refractivity contribution < 1.29 is 0 Å². The predicted octanol–water partition coefficient (Wildman–Crippen LogP) is 13.8. The SMILES string of the molecule is C=C(/N=C(\N=C(/C)c1ccccc1)c1ccc2c(c1)c1cc3c(cc1n2-c1ccccc1)-c1ccccc1C3(C1=CC=CCC=C1)c1ccccc1)C1=CCCCC1. The number of allylic oxidation sites excluding steroid dienone is 8. The number of para-hydroxylation sites is 1. The second-order valence-corrected chi connectivity index (χ2v) is 15.6. The van der Waals surface area contributed by atoms with E-state index in [9.17, 15) is 0 Å². The van der Waals surface area contributed by atoms with Crippen molar-refractivity contribution in [2.75, 3.05) is 0 Å². The smallest absolute Gasteiger partial charge is 0.160 e. The molecule has 0 N–H and O–H groups in total. The van der Waals surface area contributed by atoms with E-state index < -0.39 is 5.41 Å². The van der Waals surface area contributed by atoms with E-state index in [4.69, 9.17) is 9.98 Å². The maximum absolute atomic E-state index is 5.27. The number of hydrogen-bond acceptors (Lipinski definition) is 1. The zero-order chi connectivity index (χ0) is 39.1. The normalized spacial score (nSPS) is 17.8. The van der Waals surface area contributed by atoms with Crippen molar-refractivity contribution in [3.8, 4) is 16.8 Å². The Kier molecular flexibility index (Phi) is 9.14. The van der Waals surface area contributed by atoms with E-state index in [0.717, 1.165) is 64.8 Å². The predicted molar refractivity (Wildman–Crippen MR) is 244 cm³/mol. The number of aliphatic imine (C=N–C) groups is 2. The molecule has 0 radical (unpaired) electrons. The highest BCUT2D eigenvalue weighted by Gasteiger charge is 2.47. The Balaban J connectivity index is 1.27. The van der Waals surface area contributed by atoms with Gasteiger partial charge in [0.1, 0.15) is 0 Å². The molecule has 0 fully saturated rings. The van der Waals surface area contributed by atoms with Crippen LogP contribution >= 0.6 is 0 Å². The fourth-order valence-corrected chi connectivity index (χ4v) is 9.45. The summed E-state index contributed by atoms with van der Waals surface area (Å²) in [7, 11) is 0. The van der Waals surface area contributed by atoms with E-state index in [-0.39, 0.29) is 0 Å². The van der Waals surface area contributed by atoms with E-state index in [0.29, 0.717) is 5.84 Å². The lowest BCUT2D eigenvalue weighted by Gasteiger charge is -2.34. The number of fused-ring (bicyclic) bond motifs is 6. The second-order valence-electron chi connectivity index (χ2n) is 15.6. The van der Waals surface area contributed by atoms with Crippen LogP contribution in [-0.2, 0) is 5.41 Å². The molecule has 58 heavy (non-hydrogen) atoms. The Labute approximate surface area is 341 Å². The molecule has 1 aromatic heterocycles. The lowest BCUT2D eigenvalue weighted by molar-refractivity contribution is 0.705. The van der Waals surface area contributed by atoms with Crippen LogP contribution in [0.15, 0.2) is 215 Å². The van der Waals surface area contributed by atoms with Crippen molar-refractivity contribution in [2.45, 2.75) is 44.4 Å². The molecule has 10 rings (SSSR count). The Hall–Kier alpha value is -6.84. The van der Waals surface area contributed by atoms with E-state index in [2.05, 4.69) is 194 Å². The number of aromatic nitrogens is 1. The largest absolute Gasteiger partial charge is 0.309 e. The van der Waals surface area contributed by atoms with Crippen molar-refractivity contribution in [2.24, 2.45) is 9.98 Å². The molecule has 0 bridgehead atoms. The fraction of sp³-hybridized carbons (Fsp3) is 0.127. The molecule has 7 aromatic rings. The van der Waals surface area contributed by atoms with E-state index in [1.165, 1.54) is 56.3 Å². The van der Waals surface area contributed by atoms with Crippen molar-refractivity contribution in [1.29, 1.82) is 0 Å². The van der Waals surface area contributed by atoms with Gasteiger partial charge in [-0.1, -0.05) is 146 Å². The van der Waals surface area contributed by atoms with Crippen LogP contribution in [0.2, 0.25) is 0 Å². The third kappa shape index (κ3) is 5.97. The van der Waals surface area contributed by atoms with Gasteiger partial charge in [-0.25, -0.2) is 9.98 Å². The van der Waals surface area contributed by atoms with E-state index >= 15 is 0 Å². The average Bonchev–Trinajstić information content (AvgIpc) is 3.58. The first kappa shape index (κ1) is 35.6. The van der Waals surface area contributed by atoms with Gasteiger partial charge in [-0.05, 0) is 126 Å². The van der Waals surface area contributed by atoms with Crippen LogP contribution in [0.5, 0.6) is 0 Å². The van der Waals surface area contributed by atoms with Gasteiger partial charge in [-0.3, -0.25) is 0 Å². The molecule has 1 atom stereocenters. The quantitative estimate of drug-likeness (QED) is 0.115. The average molecular weight is 748 g/mol. The molecule has 280 valence electrons. The summed E-state index contributed by atoms with van der Waals surface area (Å²) in [6, 6.07) is 52.9. The highest BCUT2D eigenvalue weighted by Crippen LogP contribution is 2.58. The van der Waals surface area contributed by atoms with Crippen molar-refractivity contribution in [3.05, 3.63) is 233 Å². The number of amidine groups is 1. The summed E-state index contributed by atoms with van der Waals surface area (Å²) in [4.78, 5) is 10.5. The summed E-state index contributed by atoms with van der Waals surface area (Å²) in [5.74, 6) is 0.674. The Bertz CT molecular complexity index is 2920. The summed E-state index contributed by atoms with van der Waals surface area (Å²) < 4.78 is 2.43. The van der Waals surface area contributed by atoms with Crippen LogP contribution in [0.1, 0.15) is 66.8 Å². The molecule has 3 nitrogen and oxygen atoms in total. The molecule has 0 spiro atoms. The summed E-state index contributed by atoms with van der Waals surface area (Å²) >= 11 is 0. The standard InChI is InChI=1S/C55H45N3/c1-38(40-21-9-5-10-22-40)56-54(57-39(2)41-23-11-6-12-24-41)42-33-34-52-48(35-42)49-36-51-47(37-53(49)58(52)45-29-17-8-18-30-45)46-31-19-20-32-50(46)55(51,44-27-15-7-16-28-44)43-25-13-3-4-14-26-43/h3,6-8,11-21,23-37H,1,4-5,9-10,22H2,2H3/b56-54-,57-39+. The zero-order valence-electron chi connectivity index (χ0n) is 32.9. The molecular formula is C55H45N3. The first-order valence-electron chi connectivity index (χ1n) is 20.6. The minimum Gasteiger partial charge on any atom is -0.309 e. The highest BCUT2D eigenvalue weighted by molar-refractivity contribution is 6.17. The number of rotatable bonds is 7. The summed E-state index contributed by atoms with van der Waals surface area (Å²) in [6.07, 6.45) is 19.1. The molecule has 0 amide bonds. The second kappa shape index (κ2) is 14.9. The van der Waals surface area contributed by atoms with Crippen LogP contribution < -0.4 is 0 Å². The molecule has 0 saturated heterocycles. The number of hydrogen-bond donors (Lipinski definition) is 0. The van der Waals surface area contributed by atoms with E-state index in [1.54, 1.807) is 0 Å². The molecular weight excluding hydrogens is 703 g/mol. The van der Waals surface area contributed by atoms with Crippen LogP contribution in [0.3, 0.4) is 0 Å². The zero-order valence-corrected chi connectivity index (χ0v) is 32.9. The minimum atomic E-state index is -0.513.